The van der Waals surface area contributed by atoms with E-state index in [1.807, 2.05) is 0 Å². The van der Waals surface area contributed by atoms with Gasteiger partial charge in [-0.3, -0.25) is 4.57 Å². The second-order valence-electron chi connectivity index (χ2n) is 2.14. The summed E-state index contributed by atoms with van der Waals surface area (Å²) in [6, 6.07) is 2.00. The smallest absolute Gasteiger partial charge is 0.321 e. The molecular formula is C6H5F2O3P. The van der Waals surface area contributed by atoms with Crippen LogP contribution in [0.4, 0.5) is 8.78 Å². The molecule has 0 fully saturated rings. The Morgan fingerprint density at radius 1 is 1.17 bits per heavy atom. The van der Waals surface area contributed by atoms with E-state index in [4.69, 9.17) is 9.79 Å². The third-order valence-electron chi connectivity index (χ3n) is 1.24. The molecule has 66 valence electrons. The lowest BCUT2D eigenvalue weighted by Crippen LogP contribution is -2.05. The topological polar surface area (TPSA) is 57.5 Å². The molecule has 0 heterocycles. The summed E-state index contributed by atoms with van der Waals surface area (Å²) in [5.74, 6) is -2.40. The predicted molar refractivity (Wildman–Crippen MR) is 38.0 cm³/mol. The van der Waals surface area contributed by atoms with Gasteiger partial charge in [-0.05, 0) is 18.2 Å². The minimum absolute atomic E-state index is 0.482. The predicted octanol–water partition coefficient (Wildman–Crippen LogP) is 0.768. The molecule has 0 aliphatic heterocycles. The van der Waals surface area contributed by atoms with Gasteiger partial charge in [0.2, 0.25) is 0 Å². The number of rotatable bonds is 1. The van der Waals surface area contributed by atoms with Crippen molar-refractivity contribution >= 4 is 12.9 Å². The summed E-state index contributed by atoms with van der Waals surface area (Å²) in [5.41, 5.74) is 0. The maximum atomic E-state index is 12.4. The van der Waals surface area contributed by atoms with Crippen molar-refractivity contribution in [3.8, 4) is 0 Å². The summed E-state index contributed by atoms with van der Waals surface area (Å²) < 4.78 is 35.2. The summed E-state index contributed by atoms with van der Waals surface area (Å²) in [4.78, 5) is 17.1. The zero-order valence-electron chi connectivity index (χ0n) is 5.74. The largest absolute Gasteiger partial charge is 0.356 e. The van der Waals surface area contributed by atoms with Crippen molar-refractivity contribution < 1.29 is 23.1 Å². The summed E-state index contributed by atoms with van der Waals surface area (Å²) in [6.45, 7) is 0. The standard InChI is InChI=1S/C6H5F2O3P/c7-5-2-1-4(3-6(5)8)12(9,10)11/h1-3H,(H2,9,10,11). The van der Waals surface area contributed by atoms with Gasteiger partial charge >= 0.3 is 7.60 Å². The molecule has 1 aromatic carbocycles. The quantitative estimate of drug-likeness (QED) is 0.649. The van der Waals surface area contributed by atoms with Crippen molar-refractivity contribution in [2.75, 3.05) is 0 Å². The Morgan fingerprint density at radius 2 is 1.75 bits per heavy atom. The van der Waals surface area contributed by atoms with Gasteiger partial charge in [0, 0.05) is 0 Å². The van der Waals surface area contributed by atoms with E-state index in [2.05, 4.69) is 0 Å². The average molecular weight is 194 g/mol. The lowest BCUT2D eigenvalue weighted by molar-refractivity contribution is 0.387. The van der Waals surface area contributed by atoms with Crippen molar-refractivity contribution in [2.45, 2.75) is 0 Å². The summed E-state index contributed by atoms with van der Waals surface area (Å²) >= 11 is 0. The van der Waals surface area contributed by atoms with Crippen LogP contribution in [0.2, 0.25) is 0 Å². The molecule has 0 amide bonds. The van der Waals surface area contributed by atoms with Crippen molar-refractivity contribution in [1.29, 1.82) is 0 Å². The first kappa shape index (κ1) is 9.32. The van der Waals surface area contributed by atoms with E-state index >= 15 is 0 Å². The summed E-state index contributed by atoms with van der Waals surface area (Å²) in [7, 11) is -4.47. The Bertz CT molecular complexity index is 347. The van der Waals surface area contributed by atoms with Gasteiger partial charge in [-0.15, -0.1) is 0 Å². The highest BCUT2D eigenvalue weighted by molar-refractivity contribution is 7.60. The van der Waals surface area contributed by atoms with Gasteiger partial charge in [0.15, 0.2) is 11.6 Å². The Morgan fingerprint density at radius 3 is 2.17 bits per heavy atom. The Kier molecular flexibility index (Phi) is 2.28. The lowest BCUT2D eigenvalue weighted by Gasteiger charge is -2.02. The number of hydrogen-bond donors (Lipinski definition) is 2. The summed E-state index contributed by atoms with van der Waals surface area (Å²) in [6.07, 6.45) is 0. The molecule has 0 aliphatic rings. The van der Waals surface area contributed by atoms with Crippen LogP contribution in [0.1, 0.15) is 0 Å². The van der Waals surface area contributed by atoms with Gasteiger partial charge in [-0.1, -0.05) is 0 Å². The average Bonchev–Trinajstić information content (AvgIpc) is 1.92. The molecule has 0 saturated carbocycles. The highest BCUT2D eigenvalue weighted by Crippen LogP contribution is 2.33. The van der Waals surface area contributed by atoms with Crippen LogP contribution in [0.3, 0.4) is 0 Å². The van der Waals surface area contributed by atoms with Crippen molar-refractivity contribution in [3.05, 3.63) is 29.8 Å². The molecule has 0 atom stereocenters. The monoisotopic (exact) mass is 194 g/mol. The fraction of sp³-hybridized carbons (Fsp3) is 0. The molecule has 0 radical (unpaired) electrons. The highest BCUT2D eigenvalue weighted by Gasteiger charge is 2.18. The van der Waals surface area contributed by atoms with Crippen LogP contribution in [0.25, 0.3) is 0 Å². The first-order chi connectivity index (χ1) is 5.41. The van der Waals surface area contributed by atoms with Crippen molar-refractivity contribution in [2.24, 2.45) is 0 Å². The maximum Gasteiger partial charge on any atom is 0.356 e. The molecule has 0 unspecified atom stereocenters. The van der Waals surface area contributed by atoms with Crippen LogP contribution in [0, 0.1) is 11.6 Å². The number of benzene rings is 1. The molecule has 0 aromatic heterocycles. The zero-order chi connectivity index (χ0) is 9.35. The Balaban J connectivity index is 3.23. The number of hydrogen-bond acceptors (Lipinski definition) is 1. The third-order valence-corrected chi connectivity index (χ3v) is 2.19. The van der Waals surface area contributed by atoms with E-state index in [1.165, 1.54) is 0 Å². The van der Waals surface area contributed by atoms with Crippen LogP contribution < -0.4 is 5.30 Å². The molecule has 12 heavy (non-hydrogen) atoms. The molecule has 0 saturated heterocycles. The van der Waals surface area contributed by atoms with Gasteiger partial charge in [-0.25, -0.2) is 8.78 Å². The van der Waals surface area contributed by atoms with Gasteiger partial charge < -0.3 is 9.79 Å². The van der Waals surface area contributed by atoms with Crippen LogP contribution in [0.15, 0.2) is 18.2 Å². The second kappa shape index (κ2) is 2.94. The fourth-order valence-electron chi connectivity index (χ4n) is 0.666. The van der Waals surface area contributed by atoms with Crippen LogP contribution in [0.5, 0.6) is 0 Å². The van der Waals surface area contributed by atoms with Crippen molar-refractivity contribution in [3.63, 3.8) is 0 Å². The molecule has 0 spiro atoms. The van der Waals surface area contributed by atoms with Crippen molar-refractivity contribution in [1.82, 2.24) is 0 Å². The van der Waals surface area contributed by atoms with E-state index in [9.17, 15) is 13.3 Å². The van der Waals surface area contributed by atoms with Gasteiger partial charge in [-0.2, -0.15) is 0 Å². The van der Waals surface area contributed by atoms with Crippen LogP contribution >= 0.6 is 7.60 Å². The fourth-order valence-corrected chi connectivity index (χ4v) is 1.22. The van der Waals surface area contributed by atoms with E-state index in [1.54, 1.807) is 0 Å². The minimum Gasteiger partial charge on any atom is -0.321 e. The SMILES string of the molecule is O=P(O)(O)c1ccc(F)c(F)c1. The van der Waals surface area contributed by atoms with E-state index < -0.39 is 24.5 Å². The highest BCUT2D eigenvalue weighted by atomic mass is 31.2. The van der Waals surface area contributed by atoms with E-state index in [0.29, 0.717) is 12.1 Å². The summed E-state index contributed by atoms with van der Waals surface area (Å²) in [5, 5.41) is -0.526. The minimum atomic E-state index is -4.47. The second-order valence-corrected chi connectivity index (χ2v) is 3.75. The molecule has 3 nitrogen and oxygen atoms in total. The van der Waals surface area contributed by atoms with Gasteiger partial charge in [0.1, 0.15) is 0 Å². The zero-order valence-corrected chi connectivity index (χ0v) is 6.63. The van der Waals surface area contributed by atoms with E-state index in [-0.39, 0.29) is 0 Å². The maximum absolute atomic E-state index is 12.4. The molecule has 1 aromatic rings. The van der Waals surface area contributed by atoms with Gasteiger partial charge in [0.05, 0.1) is 5.30 Å². The first-order valence-corrected chi connectivity index (χ1v) is 4.53. The first-order valence-electron chi connectivity index (χ1n) is 2.92. The molecule has 2 N–H and O–H groups in total. The molecule has 6 heteroatoms. The Hall–Kier alpha value is -0.770. The number of halogens is 2. The van der Waals surface area contributed by atoms with E-state index in [0.717, 1.165) is 6.07 Å². The van der Waals surface area contributed by atoms with Gasteiger partial charge in [0.25, 0.3) is 0 Å². The molecule has 0 bridgehead atoms. The molecule has 0 aliphatic carbocycles. The third kappa shape index (κ3) is 1.88. The lowest BCUT2D eigenvalue weighted by atomic mass is 10.3. The Labute approximate surface area is 66.8 Å². The molecular weight excluding hydrogens is 189 g/mol. The normalized spacial score (nSPS) is 11.7. The van der Waals surface area contributed by atoms with Crippen LogP contribution in [-0.4, -0.2) is 9.79 Å². The van der Waals surface area contributed by atoms with Crippen LogP contribution in [-0.2, 0) is 4.57 Å². The molecule has 1 rings (SSSR count).